The molecule has 1 aliphatic rings. The summed E-state index contributed by atoms with van der Waals surface area (Å²) in [6.07, 6.45) is 3.27. The van der Waals surface area contributed by atoms with Gasteiger partial charge in [0, 0.05) is 11.1 Å². The standard InChI is InChI=1S/C14H31NOSSi2/c1-8-15(19(5,6)7)12-9-10-14(11-12,13(16)17)18(2,3)4/h12H,8-11H2,1-7H3,(H,16,17). The first-order valence-electron chi connectivity index (χ1n) is 7.46. The number of rotatable bonds is 5. The maximum Gasteiger partial charge on any atom is 0.189 e. The predicted molar refractivity (Wildman–Crippen MR) is 93.4 cm³/mol. The molecule has 0 heterocycles. The monoisotopic (exact) mass is 317 g/mol. The summed E-state index contributed by atoms with van der Waals surface area (Å²) >= 11 is 4.27. The molecule has 0 aromatic carbocycles. The molecule has 0 aliphatic heterocycles. The van der Waals surface area contributed by atoms with Crippen LogP contribution in [-0.4, -0.2) is 38.6 Å². The second-order valence-corrected chi connectivity index (χ2v) is 18.8. The molecule has 1 rings (SSSR count). The fourth-order valence-electron chi connectivity index (χ4n) is 3.76. The molecule has 2 atom stereocenters. The minimum Gasteiger partial charge on any atom is -0.321 e. The molecule has 0 aromatic heterocycles. The van der Waals surface area contributed by atoms with Crippen LogP contribution in [0.15, 0.2) is 0 Å². The predicted octanol–water partition coefficient (Wildman–Crippen LogP) is 4.23. The highest BCUT2D eigenvalue weighted by Crippen LogP contribution is 2.55. The van der Waals surface area contributed by atoms with E-state index in [1.165, 1.54) is 6.42 Å². The molecule has 2 nitrogen and oxygen atoms in total. The van der Waals surface area contributed by atoms with Crippen molar-refractivity contribution < 1.29 is 4.79 Å². The first-order chi connectivity index (χ1) is 8.45. The van der Waals surface area contributed by atoms with Gasteiger partial charge < -0.3 is 4.57 Å². The van der Waals surface area contributed by atoms with Gasteiger partial charge in [0.1, 0.15) is 8.24 Å². The molecule has 1 saturated carbocycles. The fourth-order valence-corrected chi connectivity index (χ4v) is 9.62. The van der Waals surface area contributed by atoms with Gasteiger partial charge in [-0.3, -0.25) is 4.79 Å². The second kappa shape index (κ2) is 5.66. The summed E-state index contributed by atoms with van der Waals surface area (Å²) in [6, 6.07) is 0.597. The van der Waals surface area contributed by atoms with Crippen LogP contribution in [0.5, 0.6) is 0 Å². The van der Waals surface area contributed by atoms with Crippen molar-refractivity contribution in [1.29, 1.82) is 0 Å². The van der Waals surface area contributed by atoms with E-state index < -0.39 is 16.3 Å². The van der Waals surface area contributed by atoms with Gasteiger partial charge in [0.25, 0.3) is 0 Å². The van der Waals surface area contributed by atoms with E-state index in [4.69, 9.17) is 0 Å². The Labute approximate surface area is 126 Å². The summed E-state index contributed by atoms with van der Waals surface area (Å²) in [6.45, 7) is 17.6. The number of carbonyl (C=O) groups excluding carboxylic acids is 1. The second-order valence-electron chi connectivity index (χ2n) is 7.99. The van der Waals surface area contributed by atoms with Crippen LogP contribution in [0.2, 0.25) is 44.3 Å². The molecule has 2 unspecified atom stereocenters. The molecule has 1 fully saturated rings. The van der Waals surface area contributed by atoms with E-state index >= 15 is 0 Å². The van der Waals surface area contributed by atoms with Crippen LogP contribution < -0.4 is 0 Å². The van der Waals surface area contributed by atoms with Gasteiger partial charge in [-0.1, -0.05) is 46.2 Å². The van der Waals surface area contributed by atoms with Crippen LogP contribution in [0, 0.1) is 0 Å². The fraction of sp³-hybridized carbons (Fsp3) is 0.929. The molecule has 0 radical (unpaired) electrons. The van der Waals surface area contributed by atoms with Crippen LogP contribution in [0.3, 0.4) is 0 Å². The summed E-state index contributed by atoms with van der Waals surface area (Å²) in [7, 11) is -2.83. The minimum atomic E-state index is -1.53. The topological polar surface area (TPSA) is 20.3 Å². The lowest BCUT2D eigenvalue weighted by Gasteiger charge is -2.42. The van der Waals surface area contributed by atoms with E-state index in [0.29, 0.717) is 6.04 Å². The number of thiol groups is 1. The third-order valence-electron chi connectivity index (χ3n) is 4.98. The van der Waals surface area contributed by atoms with Gasteiger partial charge in [-0.25, -0.2) is 0 Å². The molecule has 0 spiro atoms. The molecule has 0 amide bonds. The maximum atomic E-state index is 12.2. The molecule has 112 valence electrons. The normalized spacial score (nSPS) is 29.0. The SMILES string of the molecule is CCN(C1CCC(C(=O)S)([Si](C)(C)C)C1)[Si](C)(C)C. The summed E-state index contributed by atoms with van der Waals surface area (Å²) in [5, 5.41) is 0.0502. The molecule has 0 saturated heterocycles. The van der Waals surface area contributed by atoms with Crippen molar-refractivity contribution in [1.82, 2.24) is 4.57 Å². The zero-order valence-electron chi connectivity index (χ0n) is 13.7. The van der Waals surface area contributed by atoms with Crippen molar-refractivity contribution in [2.24, 2.45) is 0 Å². The molecule has 19 heavy (non-hydrogen) atoms. The number of nitrogens with zero attached hydrogens (tertiary/aromatic N) is 1. The smallest absolute Gasteiger partial charge is 0.189 e. The van der Waals surface area contributed by atoms with Crippen LogP contribution in [0.25, 0.3) is 0 Å². The molecule has 0 bridgehead atoms. The summed E-state index contributed by atoms with van der Waals surface area (Å²) < 4.78 is 2.70. The zero-order valence-corrected chi connectivity index (χ0v) is 16.6. The van der Waals surface area contributed by atoms with Crippen molar-refractivity contribution in [3.8, 4) is 0 Å². The van der Waals surface area contributed by atoms with E-state index in [1.807, 2.05) is 0 Å². The number of hydrogen-bond acceptors (Lipinski definition) is 2. The van der Waals surface area contributed by atoms with Crippen molar-refractivity contribution in [2.45, 2.75) is 76.5 Å². The van der Waals surface area contributed by atoms with E-state index in [9.17, 15) is 4.79 Å². The molecule has 1 aliphatic carbocycles. The van der Waals surface area contributed by atoms with Crippen LogP contribution in [0.4, 0.5) is 0 Å². The Bertz CT molecular complexity index is 348. The maximum absolute atomic E-state index is 12.2. The third-order valence-corrected chi connectivity index (χ3v) is 11.6. The van der Waals surface area contributed by atoms with E-state index in [0.717, 1.165) is 19.4 Å². The van der Waals surface area contributed by atoms with Crippen molar-refractivity contribution in [3.63, 3.8) is 0 Å². The van der Waals surface area contributed by atoms with Crippen molar-refractivity contribution >= 4 is 34.1 Å². The van der Waals surface area contributed by atoms with Gasteiger partial charge in [-0.15, -0.1) is 12.6 Å². The molecule has 0 N–H and O–H groups in total. The Balaban J connectivity index is 3.01. The zero-order chi connectivity index (χ0) is 15.1. The van der Waals surface area contributed by atoms with E-state index in [1.54, 1.807) is 0 Å². The number of carbonyl (C=O) groups is 1. The summed E-state index contributed by atoms with van der Waals surface area (Å²) in [4.78, 5) is 12.2. The Morgan fingerprint density at radius 1 is 1.26 bits per heavy atom. The lowest BCUT2D eigenvalue weighted by atomic mass is 10.1. The van der Waals surface area contributed by atoms with Crippen LogP contribution in [0.1, 0.15) is 26.2 Å². The van der Waals surface area contributed by atoms with Gasteiger partial charge in [0.15, 0.2) is 5.12 Å². The van der Waals surface area contributed by atoms with Gasteiger partial charge in [0.05, 0.1) is 8.07 Å². The Morgan fingerprint density at radius 2 is 1.79 bits per heavy atom. The van der Waals surface area contributed by atoms with Crippen molar-refractivity contribution in [2.75, 3.05) is 6.54 Å². The van der Waals surface area contributed by atoms with Gasteiger partial charge in [-0.05, 0) is 25.8 Å². The van der Waals surface area contributed by atoms with Gasteiger partial charge in [-0.2, -0.15) is 0 Å². The molecule has 5 heteroatoms. The van der Waals surface area contributed by atoms with E-state index in [2.05, 4.69) is 63.4 Å². The highest BCUT2D eigenvalue weighted by molar-refractivity contribution is 7.97. The highest BCUT2D eigenvalue weighted by atomic mass is 32.1. The lowest BCUT2D eigenvalue weighted by Crippen LogP contribution is -2.52. The minimum absolute atomic E-state index is 0.103. The average molecular weight is 318 g/mol. The quantitative estimate of drug-likeness (QED) is 0.605. The molecular formula is C14H31NOSSi2. The van der Waals surface area contributed by atoms with E-state index in [-0.39, 0.29) is 10.2 Å². The lowest BCUT2D eigenvalue weighted by molar-refractivity contribution is -0.113. The first-order valence-corrected chi connectivity index (χ1v) is 14.9. The Morgan fingerprint density at radius 3 is 2.05 bits per heavy atom. The van der Waals surface area contributed by atoms with Crippen molar-refractivity contribution in [3.05, 3.63) is 0 Å². The molecular weight excluding hydrogens is 286 g/mol. The van der Waals surface area contributed by atoms with Crippen LogP contribution >= 0.6 is 12.6 Å². The molecule has 0 aromatic rings. The first kappa shape index (κ1) is 17.5. The van der Waals surface area contributed by atoms with Gasteiger partial charge >= 0.3 is 0 Å². The highest BCUT2D eigenvalue weighted by Gasteiger charge is 2.54. The van der Waals surface area contributed by atoms with Crippen LogP contribution in [-0.2, 0) is 4.79 Å². The third kappa shape index (κ3) is 3.36. The summed E-state index contributed by atoms with van der Waals surface area (Å²) in [5.74, 6) is 0. The largest absolute Gasteiger partial charge is 0.321 e. The average Bonchev–Trinajstić information content (AvgIpc) is 2.61. The Kier molecular flexibility index (Phi) is 5.20. The van der Waals surface area contributed by atoms with Gasteiger partial charge in [0.2, 0.25) is 0 Å². The summed E-state index contributed by atoms with van der Waals surface area (Å²) in [5.41, 5.74) is 0. The number of hydrogen-bond donors (Lipinski definition) is 1. The Hall–Kier alpha value is 0.414.